The molecular formula is C16H26N4O3S. The molecule has 2 N–H and O–H groups in total. The van der Waals surface area contributed by atoms with Gasteiger partial charge in [0.05, 0.1) is 18.4 Å². The molecule has 1 unspecified atom stereocenters. The molecule has 2 heterocycles. The number of thiazole rings is 1. The molecule has 7 nitrogen and oxygen atoms in total. The third-order valence-corrected chi connectivity index (χ3v) is 5.65. The summed E-state index contributed by atoms with van der Waals surface area (Å²) in [6, 6.07) is 0.433. The van der Waals surface area contributed by atoms with Crippen molar-refractivity contribution in [2.75, 3.05) is 32.6 Å². The van der Waals surface area contributed by atoms with E-state index in [0.29, 0.717) is 23.9 Å². The summed E-state index contributed by atoms with van der Waals surface area (Å²) >= 11 is 1.42. The number of likely N-dealkylation sites (tertiary alicyclic amines) is 1. The minimum Gasteiger partial charge on any atom is -0.380 e. The third-order valence-electron chi connectivity index (χ3n) is 4.84. The molecule has 1 aromatic heterocycles. The van der Waals surface area contributed by atoms with Gasteiger partial charge in [0, 0.05) is 44.8 Å². The van der Waals surface area contributed by atoms with Crippen LogP contribution >= 0.6 is 11.3 Å². The number of nitrogens with one attached hydrogen (secondary N) is 2. The first-order chi connectivity index (χ1) is 11.7. The van der Waals surface area contributed by atoms with Crippen molar-refractivity contribution < 1.29 is 14.3 Å². The van der Waals surface area contributed by atoms with Crippen LogP contribution in [0.3, 0.4) is 0 Å². The number of ether oxygens (including phenoxy) is 2. The molecule has 0 spiro atoms. The Labute approximate surface area is 146 Å². The fourth-order valence-electron chi connectivity index (χ4n) is 3.67. The van der Waals surface area contributed by atoms with E-state index in [1.807, 2.05) is 5.38 Å². The molecule has 3 rings (SSSR count). The maximum Gasteiger partial charge on any atom is 0.321 e. The monoisotopic (exact) mass is 354 g/mol. The number of hydrogen-bond donors (Lipinski definition) is 2. The highest BCUT2D eigenvalue weighted by molar-refractivity contribution is 7.13. The number of carbonyl (C=O) groups is 1. The first kappa shape index (κ1) is 17.6. The van der Waals surface area contributed by atoms with E-state index in [1.54, 1.807) is 14.2 Å². The molecule has 2 aliphatic rings. The minimum atomic E-state index is -0.173. The molecular weight excluding hydrogens is 328 g/mol. The SMILES string of the molecule is COCc1csc(NC(=O)N[C@@H]2CCC[C@@H]2N2CCC(OC)C2)n1. The minimum absolute atomic E-state index is 0.173. The Morgan fingerprint density at radius 3 is 3.04 bits per heavy atom. The summed E-state index contributed by atoms with van der Waals surface area (Å²) in [4.78, 5) is 19.1. The van der Waals surface area contributed by atoms with Gasteiger partial charge in [-0.25, -0.2) is 9.78 Å². The average molecular weight is 354 g/mol. The Bertz CT molecular complexity index is 553. The Morgan fingerprint density at radius 1 is 1.42 bits per heavy atom. The molecule has 0 aromatic carbocycles. The van der Waals surface area contributed by atoms with E-state index in [-0.39, 0.29) is 12.1 Å². The topological polar surface area (TPSA) is 75.7 Å². The Hall–Kier alpha value is -1.22. The van der Waals surface area contributed by atoms with Crippen molar-refractivity contribution in [1.29, 1.82) is 0 Å². The molecule has 1 aromatic rings. The molecule has 2 amide bonds. The molecule has 8 heteroatoms. The predicted octanol–water partition coefficient (Wildman–Crippen LogP) is 2.05. The van der Waals surface area contributed by atoms with E-state index < -0.39 is 0 Å². The number of urea groups is 1. The second-order valence-electron chi connectivity index (χ2n) is 6.42. The summed E-state index contributed by atoms with van der Waals surface area (Å²) in [6.45, 7) is 2.48. The van der Waals surface area contributed by atoms with Gasteiger partial charge in [-0.2, -0.15) is 0 Å². The summed E-state index contributed by atoms with van der Waals surface area (Å²) in [5.74, 6) is 0. The van der Waals surface area contributed by atoms with E-state index in [4.69, 9.17) is 9.47 Å². The van der Waals surface area contributed by atoms with Crippen LogP contribution < -0.4 is 10.6 Å². The number of nitrogens with zero attached hydrogens (tertiary/aromatic N) is 2. The lowest BCUT2D eigenvalue weighted by Gasteiger charge is -2.29. The summed E-state index contributed by atoms with van der Waals surface area (Å²) < 4.78 is 10.5. The maximum absolute atomic E-state index is 12.3. The van der Waals surface area contributed by atoms with Crippen molar-refractivity contribution in [3.8, 4) is 0 Å². The van der Waals surface area contributed by atoms with Crippen LogP contribution in [0.5, 0.6) is 0 Å². The standard InChI is InChI=1S/C16H26N4O3S/c1-22-9-11-10-24-16(17-11)19-15(21)18-13-4-3-5-14(13)20-7-6-12(8-20)23-2/h10,12-14H,3-9H2,1-2H3,(H2,17,18,19,21)/t12?,13-,14+/m1/s1. The fraction of sp³-hybridized carbons (Fsp3) is 0.750. The van der Waals surface area contributed by atoms with Gasteiger partial charge in [0.15, 0.2) is 5.13 Å². The average Bonchev–Trinajstić information content (AvgIpc) is 3.28. The van der Waals surface area contributed by atoms with E-state index >= 15 is 0 Å². The molecule has 1 aliphatic carbocycles. The van der Waals surface area contributed by atoms with Gasteiger partial charge >= 0.3 is 6.03 Å². The van der Waals surface area contributed by atoms with Gasteiger partial charge in [0.2, 0.25) is 0 Å². The lowest BCUT2D eigenvalue weighted by atomic mass is 10.1. The largest absolute Gasteiger partial charge is 0.380 e. The van der Waals surface area contributed by atoms with Crippen LogP contribution in [-0.2, 0) is 16.1 Å². The molecule has 0 bridgehead atoms. The van der Waals surface area contributed by atoms with Crippen molar-refractivity contribution in [2.24, 2.45) is 0 Å². The van der Waals surface area contributed by atoms with Gasteiger partial charge in [-0.15, -0.1) is 11.3 Å². The molecule has 3 atom stereocenters. The Kier molecular flexibility index (Phi) is 6.04. The lowest BCUT2D eigenvalue weighted by molar-refractivity contribution is 0.0985. The normalized spacial score (nSPS) is 27.5. The molecule has 0 radical (unpaired) electrons. The van der Waals surface area contributed by atoms with E-state index in [9.17, 15) is 4.79 Å². The second-order valence-corrected chi connectivity index (χ2v) is 7.28. The lowest BCUT2D eigenvalue weighted by Crippen LogP contribution is -2.49. The van der Waals surface area contributed by atoms with Gasteiger partial charge in [0.1, 0.15) is 0 Å². The van der Waals surface area contributed by atoms with E-state index in [1.165, 1.54) is 11.3 Å². The number of methoxy groups -OCH3 is 2. The van der Waals surface area contributed by atoms with Crippen LogP contribution in [0.15, 0.2) is 5.38 Å². The number of carbonyl (C=O) groups excluding carboxylic acids is 1. The maximum atomic E-state index is 12.3. The van der Waals surface area contributed by atoms with Gasteiger partial charge in [-0.3, -0.25) is 10.2 Å². The Morgan fingerprint density at radius 2 is 2.29 bits per heavy atom. The van der Waals surface area contributed by atoms with Gasteiger partial charge in [-0.1, -0.05) is 0 Å². The summed E-state index contributed by atoms with van der Waals surface area (Å²) in [5, 5.41) is 8.47. The van der Waals surface area contributed by atoms with Crippen molar-refractivity contribution >= 4 is 22.5 Å². The van der Waals surface area contributed by atoms with Gasteiger partial charge < -0.3 is 14.8 Å². The van der Waals surface area contributed by atoms with Gasteiger partial charge in [-0.05, 0) is 25.7 Å². The number of anilines is 1. The third kappa shape index (κ3) is 4.24. The van der Waals surface area contributed by atoms with Crippen LogP contribution in [0.4, 0.5) is 9.93 Å². The zero-order valence-corrected chi connectivity index (χ0v) is 15.1. The molecule has 1 saturated carbocycles. The van der Waals surface area contributed by atoms with Crippen LogP contribution in [-0.4, -0.2) is 61.4 Å². The zero-order chi connectivity index (χ0) is 16.9. The number of rotatable bonds is 6. The Balaban J connectivity index is 1.51. The van der Waals surface area contributed by atoms with Crippen LogP contribution in [0.25, 0.3) is 0 Å². The van der Waals surface area contributed by atoms with Crippen molar-refractivity contribution in [1.82, 2.24) is 15.2 Å². The molecule has 1 saturated heterocycles. The van der Waals surface area contributed by atoms with Crippen LogP contribution in [0.1, 0.15) is 31.4 Å². The van der Waals surface area contributed by atoms with Crippen LogP contribution in [0, 0.1) is 0 Å². The number of aromatic nitrogens is 1. The summed E-state index contributed by atoms with van der Waals surface area (Å²) in [7, 11) is 3.41. The zero-order valence-electron chi connectivity index (χ0n) is 14.3. The summed E-state index contributed by atoms with van der Waals surface area (Å²) in [5.41, 5.74) is 0.833. The molecule has 1 aliphatic heterocycles. The van der Waals surface area contributed by atoms with Crippen molar-refractivity contribution in [3.63, 3.8) is 0 Å². The first-order valence-electron chi connectivity index (χ1n) is 8.47. The van der Waals surface area contributed by atoms with Gasteiger partial charge in [0.25, 0.3) is 0 Å². The quantitative estimate of drug-likeness (QED) is 0.818. The van der Waals surface area contributed by atoms with E-state index in [0.717, 1.165) is 44.5 Å². The first-order valence-corrected chi connectivity index (χ1v) is 9.35. The summed E-state index contributed by atoms with van der Waals surface area (Å²) in [6.07, 6.45) is 4.72. The van der Waals surface area contributed by atoms with E-state index in [2.05, 4.69) is 20.5 Å². The fourth-order valence-corrected chi connectivity index (χ4v) is 4.36. The molecule has 2 fully saturated rings. The van der Waals surface area contributed by atoms with Crippen LogP contribution in [0.2, 0.25) is 0 Å². The highest BCUT2D eigenvalue weighted by Crippen LogP contribution is 2.28. The number of amides is 2. The molecule has 24 heavy (non-hydrogen) atoms. The number of hydrogen-bond acceptors (Lipinski definition) is 6. The smallest absolute Gasteiger partial charge is 0.321 e. The molecule has 134 valence electrons. The highest BCUT2D eigenvalue weighted by Gasteiger charge is 2.36. The second kappa shape index (κ2) is 8.24. The predicted molar refractivity (Wildman–Crippen MR) is 93.4 cm³/mol. The van der Waals surface area contributed by atoms with Crippen molar-refractivity contribution in [2.45, 2.75) is 50.5 Å². The highest BCUT2D eigenvalue weighted by atomic mass is 32.1. The van der Waals surface area contributed by atoms with Crippen molar-refractivity contribution in [3.05, 3.63) is 11.1 Å².